The van der Waals surface area contributed by atoms with Crippen molar-refractivity contribution in [3.63, 3.8) is 0 Å². The second kappa shape index (κ2) is 7.78. The van der Waals surface area contributed by atoms with Crippen molar-refractivity contribution in [3.05, 3.63) is 30.6 Å². The van der Waals surface area contributed by atoms with Gasteiger partial charge in [-0.05, 0) is 30.9 Å². The van der Waals surface area contributed by atoms with E-state index in [-0.39, 0.29) is 19.1 Å². The molecule has 2 aromatic rings. The Kier molecular flexibility index (Phi) is 5.75. The van der Waals surface area contributed by atoms with Crippen LogP contribution in [-0.4, -0.2) is 33.7 Å². The first-order chi connectivity index (χ1) is 10.2. The van der Waals surface area contributed by atoms with E-state index in [1.807, 2.05) is 28.8 Å². The Hall–Kier alpha value is -1.88. The number of benzene rings is 1. The second-order valence-corrected chi connectivity index (χ2v) is 5.33. The fourth-order valence-corrected chi connectivity index (χ4v) is 2.54. The highest BCUT2D eigenvalue weighted by atomic mass is 16.3. The van der Waals surface area contributed by atoms with E-state index in [1.165, 1.54) is 0 Å². The first-order valence-corrected chi connectivity index (χ1v) is 7.52. The predicted octanol–water partition coefficient (Wildman–Crippen LogP) is 1.95. The standard InChI is InChI=1S/C16H23N3O2/c1-2-5-13(8-9-20)10-17-16(21)11-19-12-18-14-6-3-4-7-15(14)19/h3-4,6-7,12-13,20H,2,5,8-11H2,1H3,(H,17,21). The van der Waals surface area contributed by atoms with Crippen LogP contribution < -0.4 is 5.32 Å². The molecule has 1 aromatic carbocycles. The number of para-hydroxylation sites is 2. The van der Waals surface area contributed by atoms with Crippen molar-refractivity contribution in [1.29, 1.82) is 0 Å². The highest BCUT2D eigenvalue weighted by Crippen LogP contribution is 2.12. The molecule has 0 aliphatic heterocycles. The summed E-state index contributed by atoms with van der Waals surface area (Å²) in [4.78, 5) is 16.3. The first-order valence-electron chi connectivity index (χ1n) is 7.52. The van der Waals surface area contributed by atoms with Crippen molar-refractivity contribution in [2.45, 2.75) is 32.7 Å². The summed E-state index contributed by atoms with van der Waals surface area (Å²) in [6, 6.07) is 7.77. The SMILES string of the molecule is CCCC(CCO)CNC(=O)Cn1cnc2ccccc21. The van der Waals surface area contributed by atoms with Gasteiger partial charge in [0.15, 0.2) is 0 Å². The minimum Gasteiger partial charge on any atom is -0.396 e. The molecule has 21 heavy (non-hydrogen) atoms. The van der Waals surface area contributed by atoms with Crippen LogP contribution in [-0.2, 0) is 11.3 Å². The average Bonchev–Trinajstić information content (AvgIpc) is 2.89. The Balaban J connectivity index is 1.89. The summed E-state index contributed by atoms with van der Waals surface area (Å²) in [5.74, 6) is 0.334. The van der Waals surface area contributed by atoms with Gasteiger partial charge in [-0.25, -0.2) is 4.98 Å². The number of imidazole rings is 1. The van der Waals surface area contributed by atoms with Gasteiger partial charge in [-0.1, -0.05) is 25.5 Å². The van der Waals surface area contributed by atoms with E-state index in [9.17, 15) is 4.79 Å². The van der Waals surface area contributed by atoms with Gasteiger partial charge in [0.2, 0.25) is 5.91 Å². The molecule has 5 heteroatoms. The van der Waals surface area contributed by atoms with E-state index in [1.54, 1.807) is 6.33 Å². The molecule has 1 atom stereocenters. The molecule has 0 aliphatic carbocycles. The van der Waals surface area contributed by atoms with Crippen LogP contribution in [0.25, 0.3) is 11.0 Å². The summed E-state index contributed by atoms with van der Waals surface area (Å²) in [5.41, 5.74) is 1.86. The third-order valence-corrected chi connectivity index (χ3v) is 3.66. The summed E-state index contributed by atoms with van der Waals surface area (Å²) >= 11 is 0. The van der Waals surface area contributed by atoms with Gasteiger partial charge in [0, 0.05) is 13.2 Å². The molecular formula is C16H23N3O2. The third-order valence-electron chi connectivity index (χ3n) is 3.66. The lowest BCUT2D eigenvalue weighted by atomic mass is 10.0. The minimum atomic E-state index is -0.0165. The predicted molar refractivity (Wildman–Crippen MR) is 82.8 cm³/mol. The lowest BCUT2D eigenvalue weighted by molar-refractivity contribution is -0.121. The highest BCUT2D eigenvalue weighted by Gasteiger charge is 2.11. The minimum absolute atomic E-state index is 0.0165. The number of nitrogens with zero attached hydrogens (tertiary/aromatic N) is 2. The lowest BCUT2D eigenvalue weighted by Gasteiger charge is -2.15. The van der Waals surface area contributed by atoms with Crippen LogP contribution in [0.4, 0.5) is 0 Å². The molecule has 5 nitrogen and oxygen atoms in total. The maximum atomic E-state index is 12.0. The molecule has 0 bridgehead atoms. The van der Waals surface area contributed by atoms with Gasteiger partial charge >= 0.3 is 0 Å². The molecule has 0 fully saturated rings. The quantitative estimate of drug-likeness (QED) is 0.780. The Morgan fingerprint density at radius 2 is 2.19 bits per heavy atom. The van der Waals surface area contributed by atoms with Gasteiger partial charge in [-0.3, -0.25) is 4.79 Å². The van der Waals surface area contributed by atoms with Crippen molar-refractivity contribution in [2.75, 3.05) is 13.2 Å². The Morgan fingerprint density at radius 1 is 1.38 bits per heavy atom. The molecule has 2 rings (SSSR count). The summed E-state index contributed by atoms with van der Waals surface area (Å²) in [7, 11) is 0. The Labute approximate surface area is 125 Å². The van der Waals surface area contributed by atoms with Crippen LogP contribution in [0.3, 0.4) is 0 Å². The Morgan fingerprint density at radius 3 is 2.95 bits per heavy atom. The number of fused-ring (bicyclic) bond motifs is 1. The second-order valence-electron chi connectivity index (χ2n) is 5.33. The van der Waals surface area contributed by atoms with E-state index in [4.69, 9.17) is 5.11 Å². The molecule has 0 saturated heterocycles. The van der Waals surface area contributed by atoms with E-state index in [0.717, 1.165) is 30.3 Å². The third kappa shape index (κ3) is 4.29. The number of carbonyl (C=O) groups excluding carboxylic acids is 1. The molecule has 1 amide bonds. The molecule has 1 heterocycles. The van der Waals surface area contributed by atoms with Gasteiger partial charge < -0.3 is 15.0 Å². The van der Waals surface area contributed by atoms with E-state index < -0.39 is 0 Å². The number of amides is 1. The number of nitrogens with one attached hydrogen (secondary N) is 1. The normalized spacial score (nSPS) is 12.5. The lowest BCUT2D eigenvalue weighted by Crippen LogP contribution is -2.32. The maximum absolute atomic E-state index is 12.0. The number of aliphatic hydroxyl groups excluding tert-OH is 1. The van der Waals surface area contributed by atoms with Gasteiger partial charge in [0.1, 0.15) is 6.54 Å². The summed E-state index contributed by atoms with van der Waals surface area (Å²) in [6.45, 7) is 3.19. The zero-order chi connectivity index (χ0) is 15.1. The maximum Gasteiger partial charge on any atom is 0.240 e. The highest BCUT2D eigenvalue weighted by molar-refractivity contribution is 5.80. The molecule has 1 unspecified atom stereocenters. The molecule has 0 spiro atoms. The number of aliphatic hydroxyl groups is 1. The van der Waals surface area contributed by atoms with Crippen LogP contribution in [0.2, 0.25) is 0 Å². The van der Waals surface area contributed by atoms with Crippen molar-refractivity contribution < 1.29 is 9.90 Å². The van der Waals surface area contributed by atoms with Gasteiger partial charge in [0.05, 0.1) is 17.4 Å². The number of hydrogen-bond donors (Lipinski definition) is 2. The fraction of sp³-hybridized carbons (Fsp3) is 0.500. The van der Waals surface area contributed by atoms with Crippen molar-refractivity contribution in [1.82, 2.24) is 14.9 Å². The number of carbonyl (C=O) groups is 1. The molecule has 0 radical (unpaired) electrons. The number of hydrogen-bond acceptors (Lipinski definition) is 3. The van der Waals surface area contributed by atoms with Crippen LogP contribution in [0.5, 0.6) is 0 Å². The van der Waals surface area contributed by atoms with Crippen molar-refractivity contribution in [2.24, 2.45) is 5.92 Å². The topological polar surface area (TPSA) is 67.2 Å². The molecule has 2 N–H and O–H groups in total. The van der Waals surface area contributed by atoms with Crippen LogP contribution in [0.1, 0.15) is 26.2 Å². The van der Waals surface area contributed by atoms with Gasteiger partial charge in [-0.2, -0.15) is 0 Å². The van der Waals surface area contributed by atoms with Gasteiger partial charge in [-0.15, -0.1) is 0 Å². The van der Waals surface area contributed by atoms with Gasteiger partial charge in [0.25, 0.3) is 0 Å². The molecule has 114 valence electrons. The van der Waals surface area contributed by atoms with Crippen molar-refractivity contribution >= 4 is 16.9 Å². The first kappa shape index (κ1) is 15.5. The zero-order valence-corrected chi connectivity index (χ0v) is 12.5. The molecule has 1 aromatic heterocycles. The molecule has 0 aliphatic rings. The fourth-order valence-electron chi connectivity index (χ4n) is 2.54. The molecule has 0 saturated carbocycles. The number of aromatic nitrogens is 2. The number of rotatable bonds is 8. The summed E-state index contributed by atoms with van der Waals surface area (Å²) in [6.07, 6.45) is 4.52. The summed E-state index contributed by atoms with van der Waals surface area (Å²) in [5, 5.41) is 12.0. The van der Waals surface area contributed by atoms with E-state index in [2.05, 4.69) is 17.2 Å². The largest absolute Gasteiger partial charge is 0.396 e. The Bertz CT molecular complexity index is 574. The van der Waals surface area contributed by atoms with Crippen LogP contribution in [0.15, 0.2) is 30.6 Å². The monoisotopic (exact) mass is 289 g/mol. The van der Waals surface area contributed by atoms with E-state index in [0.29, 0.717) is 12.5 Å². The smallest absolute Gasteiger partial charge is 0.240 e. The van der Waals surface area contributed by atoms with E-state index >= 15 is 0 Å². The van der Waals surface area contributed by atoms with Crippen LogP contribution >= 0.6 is 0 Å². The van der Waals surface area contributed by atoms with Crippen molar-refractivity contribution in [3.8, 4) is 0 Å². The summed E-state index contributed by atoms with van der Waals surface area (Å²) < 4.78 is 1.85. The molecular weight excluding hydrogens is 266 g/mol. The average molecular weight is 289 g/mol. The van der Waals surface area contributed by atoms with Crippen LogP contribution in [0, 0.1) is 5.92 Å². The zero-order valence-electron chi connectivity index (χ0n) is 12.5.